The fraction of sp³-hybridized carbons (Fsp3) is 0.308. The number of anilines is 1. The summed E-state index contributed by atoms with van der Waals surface area (Å²) in [5.41, 5.74) is 4.57. The quantitative estimate of drug-likeness (QED) is 0.224. The van der Waals surface area contributed by atoms with Gasteiger partial charge in [-0.1, -0.05) is 0 Å². The van der Waals surface area contributed by atoms with E-state index in [2.05, 4.69) is 22.0 Å². The molecule has 2 N–H and O–H groups in total. The summed E-state index contributed by atoms with van der Waals surface area (Å²) >= 11 is 1.46. The van der Waals surface area contributed by atoms with E-state index in [1.54, 1.807) is 17.8 Å². The van der Waals surface area contributed by atoms with Crippen molar-refractivity contribution in [1.29, 1.82) is 5.26 Å². The standard InChI is InChI=1S/C26H26N4O5S2Se/c1-16-11-20-22(12-17(16)2)36-25(29(20)9-10-37(33,34)35)14-26-30(8-4-5-24(32)28-18(3)31)21-13-19(15-27)6-7-23(21)38-26/h6-7,11-14H,4-5,8-10H2,1-3H3,(H-,28,31,32,33,34,35)/p+1. The summed E-state index contributed by atoms with van der Waals surface area (Å²) in [5.74, 6) is -1.14. The normalized spacial score (nSPS) is 14.1. The molecular formula is C26H27N4O5S2Se+. The predicted molar refractivity (Wildman–Crippen MR) is 147 cm³/mol. The number of nitriles is 1. The number of benzene rings is 2. The molecule has 9 nitrogen and oxygen atoms in total. The Kier molecular flexibility index (Phi) is 8.45. The third-order valence-electron chi connectivity index (χ3n) is 6.13. The summed E-state index contributed by atoms with van der Waals surface area (Å²) in [6.45, 7) is 5.94. The van der Waals surface area contributed by atoms with E-state index in [9.17, 15) is 27.8 Å². The van der Waals surface area contributed by atoms with Crippen molar-refractivity contribution >= 4 is 69.7 Å². The predicted octanol–water partition coefficient (Wildman–Crippen LogP) is 2.91. The molecule has 4 rings (SSSR count). The van der Waals surface area contributed by atoms with Gasteiger partial charge in [-0.05, 0) is 0 Å². The summed E-state index contributed by atoms with van der Waals surface area (Å²) in [4.78, 5) is 26.1. The van der Waals surface area contributed by atoms with Crippen LogP contribution >= 0.6 is 11.8 Å². The van der Waals surface area contributed by atoms with E-state index >= 15 is 0 Å². The Labute approximate surface area is 231 Å². The number of carbonyl (C=O) groups is 2. The first-order valence-corrected chi connectivity index (χ1v) is 16.0. The fourth-order valence-corrected chi connectivity index (χ4v) is 8.28. The first-order chi connectivity index (χ1) is 17.9. The van der Waals surface area contributed by atoms with Crippen LogP contribution in [0.3, 0.4) is 0 Å². The van der Waals surface area contributed by atoms with Gasteiger partial charge in [0.25, 0.3) is 0 Å². The zero-order valence-electron chi connectivity index (χ0n) is 21.1. The van der Waals surface area contributed by atoms with Gasteiger partial charge < -0.3 is 0 Å². The van der Waals surface area contributed by atoms with Crippen LogP contribution in [0.15, 0.2) is 40.3 Å². The first-order valence-electron chi connectivity index (χ1n) is 11.9. The SMILES string of the molecule is CC(=O)NC(=O)CCC[n+]1c(C=C2Sc3cc(C)c(C)cc3N2CCS(=O)(=O)O)[se]c2ccc(C#N)cc21. The van der Waals surface area contributed by atoms with Crippen LogP contribution in [-0.2, 0) is 26.3 Å². The van der Waals surface area contributed by atoms with E-state index in [0.717, 1.165) is 41.1 Å². The fourth-order valence-electron chi connectivity index (χ4n) is 4.17. The number of amides is 2. The zero-order valence-corrected chi connectivity index (χ0v) is 24.5. The number of aromatic nitrogens is 1. The second-order valence-electron chi connectivity index (χ2n) is 9.02. The molecule has 0 saturated carbocycles. The Bertz CT molecular complexity index is 1620. The molecule has 2 aromatic carbocycles. The molecule has 0 saturated heterocycles. The molecule has 0 bridgehead atoms. The van der Waals surface area contributed by atoms with Crippen LogP contribution in [0.5, 0.6) is 0 Å². The van der Waals surface area contributed by atoms with Gasteiger partial charge in [-0.25, -0.2) is 0 Å². The van der Waals surface area contributed by atoms with Gasteiger partial charge in [0.15, 0.2) is 0 Å². The molecule has 38 heavy (non-hydrogen) atoms. The molecule has 0 unspecified atom stereocenters. The number of hydrogen-bond donors (Lipinski definition) is 2. The molecule has 0 atom stereocenters. The van der Waals surface area contributed by atoms with Crippen LogP contribution in [-0.4, -0.2) is 51.6 Å². The molecule has 198 valence electrons. The molecule has 1 aliphatic rings. The van der Waals surface area contributed by atoms with E-state index in [4.69, 9.17) is 0 Å². The average Bonchev–Trinajstić information content (AvgIpc) is 3.33. The summed E-state index contributed by atoms with van der Waals surface area (Å²) < 4.78 is 36.8. The number of hydrogen-bond acceptors (Lipinski definition) is 7. The Balaban J connectivity index is 1.75. The zero-order chi connectivity index (χ0) is 27.6. The molecule has 12 heteroatoms. The van der Waals surface area contributed by atoms with Crippen molar-refractivity contribution in [3.05, 3.63) is 56.6 Å². The molecule has 2 heterocycles. The number of carbonyl (C=O) groups excluding carboxylic acids is 2. The molecule has 1 aliphatic heterocycles. The van der Waals surface area contributed by atoms with Crippen LogP contribution in [0.2, 0.25) is 0 Å². The number of aryl methyl sites for hydroxylation is 3. The molecule has 0 spiro atoms. The van der Waals surface area contributed by atoms with Crippen molar-refractivity contribution in [3.8, 4) is 6.07 Å². The molecular weight excluding hydrogens is 591 g/mol. The van der Waals surface area contributed by atoms with Crippen molar-refractivity contribution in [2.24, 2.45) is 0 Å². The second kappa shape index (κ2) is 11.4. The molecule has 1 aromatic heterocycles. The van der Waals surface area contributed by atoms with E-state index in [-0.39, 0.29) is 33.4 Å². The number of rotatable bonds is 8. The van der Waals surface area contributed by atoms with Crippen LogP contribution in [0.1, 0.15) is 41.0 Å². The number of nitrogens with zero attached hydrogens (tertiary/aromatic N) is 3. The third kappa shape index (κ3) is 6.54. The molecule has 3 aromatic rings. The number of imide groups is 1. The van der Waals surface area contributed by atoms with Crippen molar-refractivity contribution in [2.75, 3.05) is 17.2 Å². The van der Waals surface area contributed by atoms with E-state index in [0.29, 0.717) is 18.5 Å². The topological polar surface area (TPSA) is 131 Å². The van der Waals surface area contributed by atoms with Crippen LogP contribution < -0.4 is 14.8 Å². The van der Waals surface area contributed by atoms with Gasteiger partial charge in [0.2, 0.25) is 0 Å². The Hall–Kier alpha value is -2.94. The monoisotopic (exact) mass is 619 g/mol. The van der Waals surface area contributed by atoms with Gasteiger partial charge in [0, 0.05) is 0 Å². The van der Waals surface area contributed by atoms with Gasteiger partial charge in [0.05, 0.1) is 0 Å². The third-order valence-corrected chi connectivity index (χ3v) is 10.3. The van der Waals surface area contributed by atoms with Crippen molar-refractivity contribution in [2.45, 2.75) is 45.1 Å². The van der Waals surface area contributed by atoms with Crippen LogP contribution in [0, 0.1) is 25.2 Å². The summed E-state index contributed by atoms with van der Waals surface area (Å²) in [6, 6.07) is 11.9. The van der Waals surface area contributed by atoms with Gasteiger partial charge in [-0.2, -0.15) is 0 Å². The number of thioether (sulfide) groups is 1. The molecule has 0 radical (unpaired) electrons. The van der Waals surface area contributed by atoms with E-state index in [1.165, 1.54) is 6.92 Å². The van der Waals surface area contributed by atoms with Gasteiger partial charge in [-0.15, -0.1) is 0 Å². The molecule has 0 aliphatic carbocycles. The van der Waals surface area contributed by atoms with Crippen LogP contribution in [0.4, 0.5) is 5.69 Å². The van der Waals surface area contributed by atoms with Crippen molar-refractivity contribution in [1.82, 2.24) is 5.32 Å². The van der Waals surface area contributed by atoms with Gasteiger partial charge >= 0.3 is 232 Å². The minimum absolute atomic E-state index is 0.0894. The Morgan fingerprint density at radius 2 is 1.97 bits per heavy atom. The first kappa shape index (κ1) is 28.1. The van der Waals surface area contributed by atoms with E-state index < -0.39 is 21.8 Å². The maximum absolute atomic E-state index is 12.0. The van der Waals surface area contributed by atoms with Gasteiger partial charge in [0.1, 0.15) is 0 Å². The Morgan fingerprint density at radius 1 is 1.24 bits per heavy atom. The second-order valence-corrected chi connectivity index (χ2v) is 13.9. The van der Waals surface area contributed by atoms with E-state index in [1.807, 2.05) is 43.0 Å². The van der Waals surface area contributed by atoms with Crippen LogP contribution in [0.25, 0.3) is 15.9 Å². The maximum atomic E-state index is 12.0. The van der Waals surface area contributed by atoms with Crippen molar-refractivity contribution in [3.63, 3.8) is 0 Å². The number of fused-ring (bicyclic) bond motifs is 2. The number of nitrogens with one attached hydrogen (secondary N) is 1. The van der Waals surface area contributed by atoms with Crippen molar-refractivity contribution < 1.29 is 27.1 Å². The molecule has 2 amide bonds. The summed E-state index contributed by atoms with van der Waals surface area (Å²) in [6.07, 6.45) is 2.72. The average molecular weight is 619 g/mol. The van der Waals surface area contributed by atoms with Gasteiger partial charge in [-0.3, -0.25) is 0 Å². The summed E-state index contributed by atoms with van der Waals surface area (Å²) in [5, 5.41) is 12.6. The minimum atomic E-state index is -4.16. The summed E-state index contributed by atoms with van der Waals surface area (Å²) in [7, 11) is -4.16. The molecule has 0 fully saturated rings. The Morgan fingerprint density at radius 3 is 2.66 bits per heavy atom.